The molecule has 0 aliphatic heterocycles. The number of H-pyrrole nitrogens is 1. The lowest BCUT2D eigenvalue weighted by atomic mass is 9.55. The predicted molar refractivity (Wildman–Crippen MR) is 116 cm³/mol. The first kappa shape index (κ1) is 21.9. The number of hydrogen-bond acceptors (Lipinski definition) is 8. The van der Waals surface area contributed by atoms with Gasteiger partial charge in [0.2, 0.25) is 5.78 Å². The van der Waals surface area contributed by atoms with Gasteiger partial charge in [0.25, 0.3) is 5.91 Å². The number of amides is 1. The van der Waals surface area contributed by atoms with Gasteiger partial charge in [0.05, 0.1) is 17.3 Å². The van der Waals surface area contributed by atoms with Crippen LogP contribution in [0.4, 0.5) is 0 Å². The zero-order chi connectivity index (χ0) is 24.2. The molecule has 1 heterocycles. The van der Waals surface area contributed by atoms with Crippen molar-refractivity contribution in [3.05, 3.63) is 45.3 Å². The number of aliphatic hydroxyl groups excluding tert-OH is 1. The van der Waals surface area contributed by atoms with Crippen LogP contribution in [-0.4, -0.2) is 67.4 Å². The van der Waals surface area contributed by atoms with E-state index >= 15 is 0 Å². The Bertz CT molecular complexity index is 1280. The summed E-state index contributed by atoms with van der Waals surface area (Å²) in [4.78, 5) is 27.1. The van der Waals surface area contributed by atoms with Crippen LogP contribution in [-0.2, 0) is 20.8 Å². The molecule has 5 atom stereocenters. The van der Waals surface area contributed by atoms with Crippen LogP contribution < -0.4 is 5.73 Å². The number of aromatic hydroxyl groups is 1. The molecule has 2 aromatic rings. The highest BCUT2D eigenvalue weighted by molar-refractivity contribution is 6.32. The van der Waals surface area contributed by atoms with E-state index in [2.05, 4.69) is 10.2 Å². The maximum absolute atomic E-state index is 13.4. The number of likely N-dealkylation sites (N-methyl/N-ethyl adjacent to an activating group) is 1. The molecule has 5 rings (SSSR count). The molecule has 1 aromatic heterocycles. The minimum absolute atomic E-state index is 0.0408. The summed E-state index contributed by atoms with van der Waals surface area (Å²) in [5, 5.41) is 52.3. The van der Waals surface area contributed by atoms with E-state index in [0.29, 0.717) is 16.8 Å². The predicted octanol–water partition coefficient (Wildman–Crippen LogP) is 0.758. The summed E-state index contributed by atoms with van der Waals surface area (Å²) in [6.07, 6.45) is 0.0408. The van der Waals surface area contributed by atoms with Gasteiger partial charge in [-0.3, -0.25) is 19.6 Å². The second-order valence-electron chi connectivity index (χ2n) is 9.35. The number of fused-ring (bicyclic) bond motifs is 4. The first-order valence-electron chi connectivity index (χ1n) is 10.3. The molecule has 33 heavy (non-hydrogen) atoms. The molecule has 1 amide bonds. The number of Topliss-reactive ketones (excluding diaryl/α,β-unsaturated/α-hetero) is 1. The van der Waals surface area contributed by atoms with Crippen LogP contribution in [0.3, 0.4) is 0 Å². The molecule has 0 fully saturated rings. The molecule has 11 heteroatoms. The van der Waals surface area contributed by atoms with E-state index in [9.17, 15) is 30.0 Å². The van der Waals surface area contributed by atoms with Crippen molar-refractivity contribution in [2.24, 2.45) is 11.7 Å². The van der Waals surface area contributed by atoms with Crippen molar-refractivity contribution in [2.75, 3.05) is 14.1 Å². The van der Waals surface area contributed by atoms with E-state index in [1.54, 1.807) is 25.9 Å². The number of halogens is 1. The number of nitrogens with one attached hydrogen (secondary N) is 1. The maximum Gasteiger partial charge on any atom is 0.255 e. The Morgan fingerprint density at radius 1 is 1.30 bits per heavy atom. The van der Waals surface area contributed by atoms with E-state index in [1.165, 1.54) is 12.1 Å². The molecule has 0 radical (unpaired) electrons. The highest BCUT2D eigenvalue weighted by atomic mass is 35.5. The molecular formula is C22H23ClN4O6. The lowest BCUT2D eigenvalue weighted by Gasteiger charge is -2.52. The highest BCUT2D eigenvalue weighted by Crippen LogP contribution is 2.62. The zero-order valence-corrected chi connectivity index (χ0v) is 18.8. The molecule has 0 saturated heterocycles. The van der Waals surface area contributed by atoms with Gasteiger partial charge < -0.3 is 26.2 Å². The standard InChI is InChI=1S/C22H23ClN4O6/c1-21(32)7-6-8-16(27(2)3)17(29)13(20(24)31)19(30)22(8,33)18-11(7)15(25-26-18)12-10(28)5-4-9(23)14(12)21/h4-5,7-8,16,28-29,32-33H,6H2,1-3H3,(H2,24,31)(H,25,26)/t7-,8-,16-,21?,22-/m0/s1. The summed E-state index contributed by atoms with van der Waals surface area (Å²) in [6, 6.07) is 1.90. The summed E-state index contributed by atoms with van der Waals surface area (Å²) in [6.45, 7) is 1.55. The summed E-state index contributed by atoms with van der Waals surface area (Å²) >= 11 is 6.44. The van der Waals surface area contributed by atoms with Crippen molar-refractivity contribution in [1.82, 2.24) is 15.1 Å². The molecule has 3 aliphatic rings. The number of nitrogens with two attached hydrogens (primary N) is 1. The molecule has 3 aliphatic carbocycles. The van der Waals surface area contributed by atoms with Crippen molar-refractivity contribution in [3.8, 4) is 17.0 Å². The van der Waals surface area contributed by atoms with Crippen LogP contribution in [0.5, 0.6) is 5.75 Å². The molecular weight excluding hydrogens is 452 g/mol. The molecule has 7 N–H and O–H groups in total. The largest absolute Gasteiger partial charge is 0.510 e. The van der Waals surface area contributed by atoms with Gasteiger partial charge in [0.1, 0.15) is 22.8 Å². The molecule has 0 bridgehead atoms. The van der Waals surface area contributed by atoms with E-state index in [1.807, 2.05) is 0 Å². The number of carbonyl (C=O) groups is 2. The normalized spacial score (nSPS) is 32.5. The molecule has 0 saturated carbocycles. The minimum Gasteiger partial charge on any atom is -0.510 e. The Morgan fingerprint density at radius 2 is 1.97 bits per heavy atom. The average molecular weight is 475 g/mol. The number of primary amides is 1. The zero-order valence-electron chi connectivity index (χ0n) is 18.0. The fourth-order valence-electron chi connectivity index (χ4n) is 6.01. The Morgan fingerprint density at radius 3 is 2.58 bits per heavy atom. The maximum atomic E-state index is 13.4. The third-order valence-corrected chi connectivity index (χ3v) is 7.72. The first-order chi connectivity index (χ1) is 15.3. The monoisotopic (exact) mass is 474 g/mol. The average Bonchev–Trinajstić information content (AvgIpc) is 3.15. The van der Waals surface area contributed by atoms with Gasteiger partial charge in [0.15, 0.2) is 5.60 Å². The third-order valence-electron chi connectivity index (χ3n) is 7.40. The highest BCUT2D eigenvalue weighted by Gasteiger charge is 2.65. The van der Waals surface area contributed by atoms with Crippen LogP contribution in [0, 0.1) is 5.92 Å². The Kier molecular flexibility index (Phi) is 4.36. The van der Waals surface area contributed by atoms with E-state index < -0.39 is 52.1 Å². The van der Waals surface area contributed by atoms with E-state index in [-0.39, 0.29) is 28.5 Å². The summed E-state index contributed by atoms with van der Waals surface area (Å²) in [7, 11) is 3.26. The van der Waals surface area contributed by atoms with Gasteiger partial charge >= 0.3 is 0 Å². The van der Waals surface area contributed by atoms with Crippen LogP contribution in [0.25, 0.3) is 11.3 Å². The van der Waals surface area contributed by atoms with Crippen molar-refractivity contribution >= 4 is 23.3 Å². The van der Waals surface area contributed by atoms with Crippen molar-refractivity contribution < 1.29 is 30.0 Å². The fourth-order valence-corrected chi connectivity index (χ4v) is 6.36. The van der Waals surface area contributed by atoms with Gasteiger partial charge in [-0.2, -0.15) is 5.10 Å². The van der Waals surface area contributed by atoms with E-state index in [4.69, 9.17) is 17.3 Å². The summed E-state index contributed by atoms with van der Waals surface area (Å²) in [5.74, 6) is -4.57. The number of aliphatic hydroxyl groups is 3. The number of rotatable bonds is 2. The van der Waals surface area contributed by atoms with Crippen LogP contribution in [0.2, 0.25) is 5.02 Å². The second-order valence-corrected chi connectivity index (χ2v) is 9.76. The van der Waals surface area contributed by atoms with Gasteiger partial charge in [-0.25, -0.2) is 0 Å². The van der Waals surface area contributed by atoms with Gasteiger partial charge in [-0.1, -0.05) is 11.6 Å². The van der Waals surface area contributed by atoms with E-state index in [0.717, 1.165) is 0 Å². The number of phenols is 1. The smallest absolute Gasteiger partial charge is 0.255 e. The molecule has 1 aromatic carbocycles. The number of aromatic amines is 1. The number of aromatic nitrogens is 2. The number of phenolic OH excluding ortho intramolecular Hbond substituents is 1. The van der Waals surface area contributed by atoms with Crippen molar-refractivity contribution in [3.63, 3.8) is 0 Å². The number of nitrogens with zero attached hydrogens (tertiary/aromatic N) is 2. The molecule has 10 nitrogen and oxygen atoms in total. The number of benzene rings is 1. The van der Waals surface area contributed by atoms with Crippen molar-refractivity contribution in [1.29, 1.82) is 0 Å². The Balaban J connectivity index is 1.86. The second kappa shape index (κ2) is 6.57. The Labute approximate surface area is 193 Å². The van der Waals surface area contributed by atoms with Gasteiger partial charge in [-0.15, -0.1) is 0 Å². The lowest BCUT2D eigenvalue weighted by Crippen LogP contribution is -2.61. The molecule has 174 valence electrons. The molecule has 0 spiro atoms. The number of hydrogen-bond donors (Lipinski definition) is 6. The van der Waals surface area contributed by atoms with Crippen molar-refractivity contribution in [2.45, 2.75) is 36.5 Å². The summed E-state index contributed by atoms with van der Waals surface area (Å²) in [5.41, 5.74) is 1.91. The first-order valence-corrected chi connectivity index (χ1v) is 10.7. The van der Waals surface area contributed by atoms with Gasteiger partial charge in [0, 0.05) is 33.5 Å². The molecule has 1 unspecified atom stereocenters. The lowest BCUT2D eigenvalue weighted by molar-refractivity contribution is -0.154. The topological polar surface area (TPSA) is 173 Å². The third kappa shape index (κ3) is 2.46. The number of carbonyl (C=O) groups excluding carboxylic acids is 2. The van der Waals surface area contributed by atoms with Crippen LogP contribution >= 0.6 is 11.6 Å². The quantitative estimate of drug-likeness (QED) is 0.346. The Hall–Kier alpha value is -2.92. The number of ketones is 1. The van der Waals surface area contributed by atoms with Crippen LogP contribution in [0.1, 0.15) is 36.1 Å². The SMILES string of the molecule is CN(C)[C@@H]1C(O)=C(C(N)=O)C(=O)[C@@]2(O)c3n[nH]c4c3[C@H](C[C@@H]12)C(C)(O)c1c(Cl)ccc(O)c1-4. The van der Waals surface area contributed by atoms with Gasteiger partial charge in [-0.05, 0) is 39.6 Å². The minimum atomic E-state index is -2.30. The summed E-state index contributed by atoms with van der Waals surface area (Å²) < 4.78 is 0. The fraction of sp³-hybridized carbons (Fsp3) is 0.409. The van der Waals surface area contributed by atoms with Crippen LogP contribution in [0.15, 0.2) is 23.5 Å².